The first-order valence-electron chi connectivity index (χ1n) is 9.45. The molecule has 2 aromatic heterocycles. The average Bonchev–Trinajstić information content (AvgIpc) is 3.26. The Morgan fingerprint density at radius 3 is 2.86 bits per heavy atom. The van der Waals surface area contributed by atoms with Gasteiger partial charge in [-0.05, 0) is 43.0 Å². The molecule has 1 aromatic carbocycles. The summed E-state index contributed by atoms with van der Waals surface area (Å²) < 4.78 is 2.02. The number of aryl methyl sites for hydroxylation is 2. The lowest BCUT2D eigenvalue weighted by molar-refractivity contribution is -0.125. The first-order chi connectivity index (χ1) is 13.4. The van der Waals surface area contributed by atoms with Gasteiger partial charge in [-0.2, -0.15) is 0 Å². The quantitative estimate of drug-likeness (QED) is 0.737. The second kappa shape index (κ2) is 7.39. The maximum Gasteiger partial charge on any atom is 0.263 e. The van der Waals surface area contributed by atoms with Crippen LogP contribution in [0.1, 0.15) is 32.4 Å². The van der Waals surface area contributed by atoms with Gasteiger partial charge in [0.1, 0.15) is 5.82 Å². The van der Waals surface area contributed by atoms with Crippen molar-refractivity contribution in [3.05, 3.63) is 51.5 Å². The van der Waals surface area contributed by atoms with Gasteiger partial charge < -0.3 is 14.8 Å². The largest absolute Gasteiger partial charge is 0.349 e. The van der Waals surface area contributed by atoms with E-state index in [2.05, 4.69) is 10.3 Å². The molecule has 2 heterocycles. The molecule has 0 saturated carbocycles. The third kappa shape index (κ3) is 3.42. The Bertz CT molecular complexity index is 1050. The van der Waals surface area contributed by atoms with Crippen LogP contribution in [0.3, 0.4) is 0 Å². The van der Waals surface area contributed by atoms with Gasteiger partial charge in [-0.1, -0.05) is 12.1 Å². The lowest BCUT2D eigenvalue weighted by Gasteiger charge is -2.21. The molecule has 4 rings (SSSR count). The summed E-state index contributed by atoms with van der Waals surface area (Å²) in [5.74, 6) is 0.881. The third-order valence-corrected chi connectivity index (χ3v) is 6.60. The van der Waals surface area contributed by atoms with Crippen molar-refractivity contribution >= 4 is 34.2 Å². The number of imidazole rings is 1. The highest BCUT2D eigenvalue weighted by molar-refractivity contribution is 7.14. The minimum Gasteiger partial charge on any atom is -0.349 e. The number of nitrogens with zero attached hydrogens (tertiary/aromatic N) is 3. The number of para-hydroxylation sites is 2. The van der Waals surface area contributed by atoms with Crippen molar-refractivity contribution in [2.24, 2.45) is 13.0 Å². The number of amides is 2. The monoisotopic (exact) mass is 396 g/mol. The van der Waals surface area contributed by atoms with E-state index in [1.165, 1.54) is 4.88 Å². The Balaban J connectivity index is 1.42. The molecule has 28 heavy (non-hydrogen) atoms. The zero-order valence-electron chi connectivity index (χ0n) is 16.4. The van der Waals surface area contributed by atoms with Crippen LogP contribution in [-0.2, 0) is 31.2 Å². The van der Waals surface area contributed by atoms with Gasteiger partial charge in [0.05, 0.1) is 22.5 Å². The molecule has 2 amide bonds. The highest BCUT2D eigenvalue weighted by Crippen LogP contribution is 2.33. The molecule has 0 fully saturated rings. The fourth-order valence-electron chi connectivity index (χ4n) is 3.74. The number of hydrogen-bond acceptors (Lipinski definition) is 4. The second-order valence-electron chi connectivity index (χ2n) is 7.49. The normalized spacial score (nSPS) is 16.0. The van der Waals surface area contributed by atoms with Gasteiger partial charge in [-0.3, -0.25) is 9.59 Å². The molecule has 6 nitrogen and oxygen atoms in total. The van der Waals surface area contributed by atoms with E-state index in [0.29, 0.717) is 13.0 Å². The van der Waals surface area contributed by atoms with Gasteiger partial charge in [-0.25, -0.2) is 4.98 Å². The zero-order valence-corrected chi connectivity index (χ0v) is 17.2. The van der Waals surface area contributed by atoms with Crippen molar-refractivity contribution in [3.8, 4) is 0 Å². The van der Waals surface area contributed by atoms with Crippen LogP contribution in [0, 0.1) is 5.92 Å². The van der Waals surface area contributed by atoms with Crippen molar-refractivity contribution in [1.29, 1.82) is 0 Å². The summed E-state index contributed by atoms with van der Waals surface area (Å²) >= 11 is 1.56. The average molecular weight is 397 g/mol. The highest BCUT2D eigenvalue weighted by atomic mass is 32.1. The molecule has 0 unspecified atom stereocenters. The van der Waals surface area contributed by atoms with Crippen LogP contribution in [-0.4, -0.2) is 40.4 Å². The molecule has 3 aromatic rings. The summed E-state index contributed by atoms with van der Waals surface area (Å²) in [6.07, 6.45) is 2.36. The van der Waals surface area contributed by atoms with Crippen molar-refractivity contribution in [2.45, 2.75) is 25.8 Å². The fraction of sp³-hybridized carbons (Fsp3) is 0.381. The number of carbonyl (C=O) groups is 2. The number of aromatic nitrogens is 2. The van der Waals surface area contributed by atoms with Crippen molar-refractivity contribution in [3.63, 3.8) is 0 Å². The van der Waals surface area contributed by atoms with E-state index in [9.17, 15) is 9.59 Å². The molecule has 1 aliphatic carbocycles. The van der Waals surface area contributed by atoms with Crippen LogP contribution < -0.4 is 5.32 Å². The second-order valence-corrected chi connectivity index (χ2v) is 8.63. The first kappa shape index (κ1) is 18.7. The van der Waals surface area contributed by atoms with E-state index < -0.39 is 0 Å². The predicted octanol–water partition coefficient (Wildman–Crippen LogP) is 2.76. The zero-order chi connectivity index (χ0) is 19.8. The third-order valence-electron chi connectivity index (χ3n) is 5.37. The number of carbonyl (C=O) groups excluding carboxylic acids is 2. The van der Waals surface area contributed by atoms with Crippen molar-refractivity contribution in [2.75, 3.05) is 14.1 Å². The lowest BCUT2D eigenvalue weighted by atomic mass is 9.88. The van der Waals surface area contributed by atoms with Crippen LogP contribution in [0.5, 0.6) is 0 Å². The van der Waals surface area contributed by atoms with E-state index in [-0.39, 0.29) is 17.7 Å². The van der Waals surface area contributed by atoms with E-state index in [0.717, 1.165) is 40.1 Å². The summed E-state index contributed by atoms with van der Waals surface area (Å²) in [6.45, 7) is 0.418. The first-order valence-corrected chi connectivity index (χ1v) is 10.3. The summed E-state index contributed by atoms with van der Waals surface area (Å²) in [6, 6.07) is 9.93. The minimum absolute atomic E-state index is 0.0299. The maximum absolute atomic E-state index is 12.7. The number of nitrogens with one attached hydrogen (secondary N) is 1. The molecule has 0 bridgehead atoms. The SMILES string of the molecule is CN(C)C(=O)c1cc2c(s1)CC[C@@H](C(=O)NCc1nc3ccccc3n1C)C2. The topological polar surface area (TPSA) is 67.2 Å². The van der Waals surface area contributed by atoms with Crippen molar-refractivity contribution in [1.82, 2.24) is 19.8 Å². The molecule has 0 spiro atoms. The minimum atomic E-state index is -0.0564. The van der Waals surface area contributed by atoms with Gasteiger partial charge in [0, 0.05) is 31.9 Å². The van der Waals surface area contributed by atoms with Crippen LogP contribution >= 0.6 is 11.3 Å². The molecule has 7 heteroatoms. The molecule has 0 radical (unpaired) electrons. The molecule has 146 valence electrons. The number of rotatable bonds is 4. The fourth-order valence-corrected chi connectivity index (χ4v) is 4.97. The number of fused-ring (bicyclic) bond motifs is 2. The smallest absolute Gasteiger partial charge is 0.263 e. The molecule has 0 aliphatic heterocycles. The van der Waals surface area contributed by atoms with E-state index in [4.69, 9.17) is 0 Å². The van der Waals surface area contributed by atoms with Crippen molar-refractivity contribution < 1.29 is 9.59 Å². The Kier molecular flexibility index (Phi) is 4.93. The molecule has 1 aliphatic rings. The Labute approximate surface area is 168 Å². The van der Waals surface area contributed by atoms with Crippen LogP contribution in [0.2, 0.25) is 0 Å². The summed E-state index contributed by atoms with van der Waals surface area (Å²) in [5.41, 5.74) is 3.14. The van der Waals surface area contributed by atoms with Gasteiger partial charge >= 0.3 is 0 Å². The molecule has 1 atom stereocenters. The lowest BCUT2D eigenvalue weighted by Crippen LogP contribution is -2.34. The van der Waals surface area contributed by atoms with Gasteiger partial charge in [0.25, 0.3) is 5.91 Å². The maximum atomic E-state index is 12.7. The molecular weight excluding hydrogens is 372 g/mol. The summed E-state index contributed by atoms with van der Waals surface area (Å²) in [4.78, 5) is 33.1. The van der Waals surface area contributed by atoms with Gasteiger partial charge in [0.2, 0.25) is 5.91 Å². The van der Waals surface area contributed by atoms with E-state index >= 15 is 0 Å². The summed E-state index contributed by atoms with van der Waals surface area (Å²) in [7, 11) is 5.50. The Hall–Kier alpha value is -2.67. The Morgan fingerprint density at radius 2 is 2.11 bits per heavy atom. The van der Waals surface area contributed by atoms with Crippen LogP contribution in [0.15, 0.2) is 30.3 Å². The molecule has 0 saturated heterocycles. The van der Waals surface area contributed by atoms with Gasteiger partial charge in [0.15, 0.2) is 0 Å². The van der Waals surface area contributed by atoms with Crippen LogP contribution in [0.25, 0.3) is 11.0 Å². The molecule has 1 N–H and O–H groups in total. The van der Waals surface area contributed by atoms with E-state index in [1.807, 2.05) is 41.9 Å². The number of thiophene rings is 1. The Morgan fingerprint density at radius 1 is 1.32 bits per heavy atom. The summed E-state index contributed by atoms with van der Waals surface area (Å²) in [5, 5.41) is 3.06. The predicted molar refractivity (Wildman–Crippen MR) is 110 cm³/mol. The highest BCUT2D eigenvalue weighted by Gasteiger charge is 2.27. The number of benzene rings is 1. The number of hydrogen-bond donors (Lipinski definition) is 1. The standard InChI is InChI=1S/C21H24N4O2S/c1-24(2)21(27)18-11-14-10-13(8-9-17(14)28-18)20(26)22-12-19-23-15-6-4-5-7-16(15)25(19)3/h4-7,11,13H,8-10,12H2,1-3H3,(H,22,26)/t13-/m1/s1. The van der Waals surface area contributed by atoms with Crippen LogP contribution in [0.4, 0.5) is 0 Å². The molecular formula is C21H24N4O2S. The van der Waals surface area contributed by atoms with E-state index in [1.54, 1.807) is 30.3 Å². The van der Waals surface area contributed by atoms with Gasteiger partial charge in [-0.15, -0.1) is 11.3 Å².